The molecule has 2 aliphatic heterocycles. The molecule has 0 spiro atoms. The monoisotopic (exact) mass is 418 g/mol. The van der Waals surface area contributed by atoms with E-state index in [-0.39, 0.29) is 18.1 Å². The van der Waals surface area contributed by atoms with Gasteiger partial charge >= 0.3 is 6.09 Å². The average molecular weight is 418 g/mol. The summed E-state index contributed by atoms with van der Waals surface area (Å²) in [6.07, 6.45) is 2.46. The van der Waals surface area contributed by atoms with Crippen molar-refractivity contribution in [1.82, 2.24) is 10.1 Å². The minimum absolute atomic E-state index is 0.0138. The topological polar surface area (TPSA) is 94.3 Å². The molecule has 2 fully saturated rings. The molecule has 8 nitrogen and oxygen atoms in total. The highest BCUT2D eigenvalue weighted by molar-refractivity contribution is 5.88. The van der Waals surface area contributed by atoms with Crippen LogP contribution >= 0.6 is 0 Å². The van der Waals surface area contributed by atoms with Crippen LogP contribution in [0.1, 0.15) is 46.5 Å². The maximum atomic E-state index is 12.0. The summed E-state index contributed by atoms with van der Waals surface area (Å²) < 4.78 is 23.2. The lowest BCUT2D eigenvalue weighted by Gasteiger charge is -2.53. The van der Waals surface area contributed by atoms with Gasteiger partial charge in [-0.25, -0.2) is 4.79 Å². The normalized spacial score (nSPS) is 24.9. The highest BCUT2D eigenvalue weighted by Gasteiger charge is 2.51. The summed E-state index contributed by atoms with van der Waals surface area (Å²) in [5.74, 6) is 0.974. The van der Waals surface area contributed by atoms with E-state index < -0.39 is 11.6 Å². The molecule has 2 atom stereocenters. The highest BCUT2D eigenvalue weighted by atomic mass is 16.6. The van der Waals surface area contributed by atoms with Crippen molar-refractivity contribution in [3.63, 3.8) is 0 Å². The predicted molar refractivity (Wildman–Crippen MR) is 110 cm³/mol. The van der Waals surface area contributed by atoms with Crippen molar-refractivity contribution < 1.29 is 28.6 Å². The van der Waals surface area contributed by atoms with Gasteiger partial charge in [-0.2, -0.15) is 0 Å². The van der Waals surface area contributed by atoms with Crippen molar-refractivity contribution in [2.24, 2.45) is 5.41 Å². The molecule has 164 valence electrons. The number of amides is 1. The molecular formula is C22H30N2O6. The Hall–Kier alpha value is -2.48. The highest BCUT2D eigenvalue weighted by Crippen LogP contribution is 2.44. The van der Waals surface area contributed by atoms with Crippen LogP contribution in [0.4, 0.5) is 4.79 Å². The minimum Gasteiger partial charge on any atom is -0.487 e. The first-order valence-corrected chi connectivity index (χ1v) is 10.6. The van der Waals surface area contributed by atoms with Gasteiger partial charge in [-0.15, -0.1) is 0 Å². The van der Waals surface area contributed by atoms with Crippen molar-refractivity contribution in [1.29, 1.82) is 0 Å². The number of rotatable bonds is 5. The van der Waals surface area contributed by atoms with E-state index in [0.717, 1.165) is 25.7 Å². The number of carboxylic acid groups (broad SMARTS) is 1. The molecule has 8 heteroatoms. The molecule has 3 heterocycles. The van der Waals surface area contributed by atoms with E-state index in [2.05, 4.69) is 25.9 Å². The van der Waals surface area contributed by atoms with Gasteiger partial charge in [-0.05, 0) is 42.0 Å². The number of fused-ring (bicyclic) bond motifs is 1. The Morgan fingerprint density at radius 2 is 2.20 bits per heavy atom. The van der Waals surface area contributed by atoms with Crippen LogP contribution in [0.25, 0.3) is 11.0 Å². The number of nitrogens with zero attached hydrogens (tertiary/aromatic N) is 2. The molecule has 0 bridgehead atoms. The molecule has 2 aromatic rings. The lowest BCUT2D eigenvalue weighted by Crippen LogP contribution is -2.64. The van der Waals surface area contributed by atoms with Crippen LogP contribution in [-0.4, -0.2) is 59.3 Å². The summed E-state index contributed by atoms with van der Waals surface area (Å²) in [5.41, 5.74) is -0.395. The zero-order chi connectivity index (χ0) is 21.4. The summed E-state index contributed by atoms with van der Waals surface area (Å²) >= 11 is 0. The van der Waals surface area contributed by atoms with E-state index in [4.69, 9.17) is 18.7 Å². The molecule has 1 unspecified atom stereocenters. The van der Waals surface area contributed by atoms with E-state index in [0.29, 0.717) is 42.4 Å². The average Bonchev–Trinajstić information content (AvgIpc) is 3.36. The Balaban J connectivity index is 1.63. The van der Waals surface area contributed by atoms with E-state index in [1.165, 1.54) is 0 Å². The first-order chi connectivity index (χ1) is 14.3. The second-order valence-electron chi connectivity index (χ2n) is 9.18. The first kappa shape index (κ1) is 20.8. The Morgan fingerprint density at radius 3 is 2.90 bits per heavy atom. The number of hydrogen-bond acceptors (Lipinski definition) is 6. The summed E-state index contributed by atoms with van der Waals surface area (Å²) in [6.45, 7) is 8.13. The van der Waals surface area contributed by atoms with Crippen LogP contribution in [0.3, 0.4) is 0 Å². The summed E-state index contributed by atoms with van der Waals surface area (Å²) in [7, 11) is 0. The van der Waals surface area contributed by atoms with Crippen molar-refractivity contribution in [3.8, 4) is 11.6 Å². The van der Waals surface area contributed by atoms with Gasteiger partial charge in [-0.1, -0.05) is 26.8 Å². The number of piperidine rings is 1. The third kappa shape index (κ3) is 3.69. The van der Waals surface area contributed by atoms with Crippen molar-refractivity contribution in [2.45, 2.75) is 58.1 Å². The molecule has 1 amide bonds. The van der Waals surface area contributed by atoms with E-state index in [1.807, 2.05) is 18.2 Å². The number of hydrogen-bond donors (Lipinski definition) is 1. The largest absolute Gasteiger partial charge is 0.487 e. The van der Waals surface area contributed by atoms with Crippen LogP contribution in [0.2, 0.25) is 0 Å². The molecule has 0 radical (unpaired) electrons. The number of benzene rings is 1. The number of ether oxygens (including phenoxy) is 3. The third-order valence-electron chi connectivity index (χ3n) is 6.42. The minimum atomic E-state index is -0.913. The second-order valence-corrected chi connectivity index (χ2v) is 9.18. The smallest absolute Gasteiger partial charge is 0.407 e. The number of carbonyl (C=O) groups is 1. The van der Waals surface area contributed by atoms with Gasteiger partial charge in [-0.3, -0.25) is 4.90 Å². The summed E-state index contributed by atoms with van der Waals surface area (Å²) in [6, 6.07) is 5.54. The molecular weight excluding hydrogens is 388 g/mol. The maximum Gasteiger partial charge on any atom is 0.407 e. The lowest BCUT2D eigenvalue weighted by molar-refractivity contribution is -0.0535. The molecule has 30 heavy (non-hydrogen) atoms. The van der Waals surface area contributed by atoms with Crippen LogP contribution in [-0.2, 0) is 4.74 Å². The lowest BCUT2D eigenvalue weighted by atomic mass is 9.68. The van der Waals surface area contributed by atoms with Gasteiger partial charge in [0, 0.05) is 13.0 Å². The fraction of sp³-hybridized carbons (Fsp3) is 0.636. The van der Waals surface area contributed by atoms with Gasteiger partial charge < -0.3 is 23.8 Å². The molecule has 1 aromatic heterocycles. The van der Waals surface area contributed by atoms with Crippen LogP contribution in [0.15, 0.2) is 22.7 Å². The van der Waals surface area contributed by atoms with E-state index in [1.54, 1.807) is 4.90 Å². The van der Waals surface area contributed by atoms with E-state index in [9.17, 15) is 9.90 Å². The number of likely N-dealkylation sites (tertiary alicyclic amines) is 1. The third-order valence-corrected chi connectivity index (χ3v) is 6.42. The second kappa shape index (κ2) is 7.98. The van der Waals surface area contributed by atoms with Crippen molar-refractivity contribution >= 4 is 17.1 Å². The van der Waals surface area contributed by atoms with Gasteiger partial charge in [0.2, 0.25) is 0 Å². The Labute approximate surface area is 176 Å². The molecule has 0 saturated carbocycles. The van der Waals surface area contributed by atoms with Gasteiger partial charge in [0.15, 0.2) is 5.58 Å². The van der Waals surface area contributed by atoms with Gasteiger partial charge in [0.05, 0.1) is 18.8 Å². The molecule has 1 N–H and O–H groups in total. The standard InChI is InChI=1S/C22H30N2O6/c1-21(2,3)22(10-4-5-11-24(22)20(25)26)14-28-19-18-16(29-15-9-12-27-13-15)7-6-8-17(18)30-23-19/h6-8,15H,4-5,9-14H2,1-3H3,(H,25,26)/t15?,22-/m0/s1. The van der Waals surface area contributed by atoms with Crippen molar-refractivity contribution in [2.75, 3.05) is 26.4 Å². The summed E-state index contributed by atoms with van der Waals surface area (Å²) in [4.78, 5) is 13.6. The van der Waals surface area contributed by atoms with E-state index >= 15 is 0 Å². The fourth-order valence-electron chi connectivity index (χ4n) is 4.57. The zero-order valence-corrected chi connectivity index (χ0v) is 17.8. The Morgan fingerprint density at radius 1 is 1.37 bits per heavy atom. The predicted octanol–water partition coefficient (Wildman–Crippen LogP) is 4.32. The summed E-state index contributed by atoms with van der Waals surface area (Å²) in [5, 5.41) is 14.7. The van der Waals surface area contributed by atoms with Crippen molar-refractivity contribution in [3.05, 3.63) is 18.2 Å². The maximum absolute atomic E-state index is 12.0. The molecule has 1 aromatic carbocycles. The van der Waals surface area contributed by atoms with Gasteiger partial charge in [0.25, 0.3) is 5.88 Å². The fourth-order valence-corrected chi connectivity index (χ4v) is 4.57. The Kier molecular flexibility index (Phi) is 5.53. The van der Waals surface area contributed by atoms with Crippen LogP contribution in [0, 0.1) is 5.41 Å². The van der Waals surface area contributed by atoms with Crippen LogP contribution in [0.5, 0.6) is 11.6 Å². The van der Waals surface area contributed by atoms with Crippen LogP contribution < -0.4 is 9.47 Å². The zero-order valence-electron chi connectivity index (χ0n) is 17.8. The Bertz CT molecular complexity index is 899. The molecule has 2 saturated heterocycles. The first-order valence-electron chi connectivity index (χ1n) is 10.6. The molecule has 2 aliphatic rings. The quantitative estimate of drug-likeness (QED) is 0.772. The SMILES string of the molecule is CC(C)(C)[C@@]1(COc2noc3cccc(OC4CCOC4)c23)CCCCN1C(=O)O. The number of aromatic nitrogens is 1. The van der Waals surface area contributed by atoms with Gasteiger partial charge in [0.1, 0.15) is 23.8 Å². The molecule has 4 rings (SSSR count). The molecule has 0 aliphatic carbocycles.